The summed E-state index contributed by atoms with van der Waals surface area (Å²) in [5.74, 6) is 0.901. The molecule has 0 fully saturated rings. The van der Waals surface area contributed by atoms with E-state index in [9.17, 15) is 9.90 Å². The molecule has 0 saturated heterocycles. The number of ether oxygens (including phenoxy) is 2. The van der Waals surface area contributed by atoms with Gasteiger partial charge in [-0.25, -0.2) is 0 Å². The van der Waals surface area contributed by atoms with Crippen LogP contribution in [0.25, 0.3) is 10.9 Å². The zero-order valence-corrected chi connectivity index (χ0v) is 23.2. The van der Waals surface area contributed by atoms with Gasteiger partial charge in [0.2, 0.25) is 5.75 Å². The lowest BCUT2D eigenvalue weighted by molar-refractivity contribution is 0.272. The van der Waals surface area contributed by atoms with Crippen molar-refractivity contribution in [1.29, 1.82) is 0 Å². The van der Waals surface area contributed by atoms with Gasteiger partial charge in [0, 0.05) is 18.0 Å². The maximum atomic E-state index is 13.7. The lowest BCUT2D eigenvalue weighted by atomic mass is 10.1. The molecule has 0 spiro atoms. The van der Waals surface area contributed by atoms with Gasteiger partial charge in [0.15, 0.2) is 5.75 Å². The van der Waals surface area contributed by atoms with Crippen LogP contribution in [0.1, 0.15) is 98.8 Å². The van der Waals surface area contributed by atoms with Gasteiger partial charge >= 0.3 is 0 Å². The second-order valence-corrected chi connectivity index (χ2v) is 9.97. The molecule has 36 heavy (non-hydrogen) atoms. The molecule has 0 bridgehead atoms. The standard InChI is InChI=1S/C31H47NO4/c1-6-8-10-12-20-32-28-23-26(33)17-18-27(28)29(30(31(32)34)35-21-13-11-9-7-2)36-22-19-25(5)16-14-15-24(3)4/h15,17-19,23,33H,6-14,16,20-22H2,1-5H3/b25-19+. The maximum absolute atomic E-state index is 13.7. The Balaban J connectivity index is 2.39. The van der Waals surface area contributed by atoms with Crippen LogP contribution in [0.4, 0.5) is 0 Å². The topological polar surface area (TPSA) is 60.7 Å². The number of unbranched alkanes of at least 4 members (excludes halogenated alkanes) is 6. The first-order chi connectivity index (χ1) is 17.4. The van der Waals surface area contributed by atoms with Crippen LogP contribution in [-0.4, -0.2) is 22.9 Å². The number of phenolic OH excluding ortho intramolecular Hbond substituents is 1. The maximum Gasteiger partial charge on any atom is 0.297 e. The average Bonchev–Trinajstić information content (AvgIpc) is 2.84. The fourth-order valence-electron chi connectivity index (χ4n) is 4.24. The predicted octanol–water partition coefficient (Wildman–Crippen LogP) is 8.32. The molecule has 5 heteroatoms. The lowest BCUT2D eigenvalue weighted by Crippen LogP contribution is -2.24. The molecule has 0 radical (unpaired) electrons. The minimum Gasteiger partial charge on any atom is -0.508 e. The molecule has 1 aromatic carbocycles. The van der Waals surface area contributed by atoms with Gasteiger partial charge in [0.1, 0.15) is 12.4 Å². The van der Waals surface area contributed by atoms with Crippen LogP contribution in [0.15, 0.2) is 46.3 Å². The SMILES string of the molecule is CCCCCCOc1c(OC/C=C(\C)CCC=C(C)C)c2ccc(O)cc2n(CCCCCC)c1=O. The van der Waals surface area contributed by atoms with E-state index in [0.717, 1.165) is 69.6 Å². The Morgan fingerprint density at radius 1 is 0.917 bits per heavy atom. The van der Waals surface area contributed by atoms with Gasteiger partial charge in [-0.15, -0.1) is 0 Å². The summed E-state index contributed by atoms with van der Waals surface area (Å²) in [5, 5.41) is 11.0. The van der Waals surface area contributed by atoms with Gasteiger partial charge in [-0.1, -0.05) is 69.6 Å². The molecule has 0 saturated carbocycles. The monoisotopic (exact) mass is 497 g/mol. The molecule has 0 atom stereocenters. The summed E-state index contributed by atoms with van der Waals surface area (Å²) in [6.07, 6.45) is 14.8. The first kappa shape index (κ1) is 29.5. The zero-order valence-electron chi connectivity index (χ0n) is 23.2. The van der Waals surface area contributed by atoms with Crippen molar-refractivity contribution in [3.63, 3.8) is 0 Å². The Morgan fingerprint density at radius 3 is 2.33 bits per heavy atom. The van der Waals surface area contributed by atoms with E-state index in [0.29, 0.717) is 31.0 Å². The third kappa shape index (κ3) is 9.40. The van der Waals surface area contributed by atoms with Crippen LogP contribution in [-0.2, 0) is 6.54 Å². The van der Waals surface area contributed by atoms with Crippen molar-refractivity contribution >= 4 is 10.9 Å². The molecule has 0 aliphatic carbocycles. The van der Waals surface area contributed by atoms with Crippen LogP contribution >= 0.6 is 0 Å². The first-order valence-electron chi connectivity index (χ1n) is 13.8. The molecule has 0 aliphatic rings. The number of pyridine rings is 1. The van der Waals surface area contributed by atoms with Crippen molar-refractivity contribution < 1.29 is 14.6 Å². The summed E-state index contributed by atoms with van der Waals surface area (Å²) in [4.78, 5) is 13.7. The number of fused-ring (bicyclic) bond motifs is 1. The Hall–Kier alpha value is -2.69. The van der Waals surface area contributed by atoms with Crippen molar-refractivity contribution in [2.45, 2.75) is 105 Å². The number of aromatic hydroxyl groups is 1. The van der Waals surface area contributed by atoms with Crippen LogP contribution in [0.2, 0.25) is 0 Å². The molecule has 1 aromatic heterocycles. The number of hydrogen-bond donors (Lipinski definition) is 1. The Labute approximate surface area is 217 Å². The molecule has 0 unspecified atom stereocenters. The van der Waals surface area contributed by atoms with E-state index in [2.05, 4.69) is 46.8 Å². The molecule has 5 nitrogen and oxygen atoms in total. The fourth-order valence-corrected chi connectivity index (χ4v) is 4.24. The second kappa shape index (κ2) is 16.1. The molecular weight excluding hydrogens is 450 g/mol. The van der Waals surface area contributed by atoms with Gasteiger partial charge in [0.25, 0.3) is 5.56 Å². The van der Waals surface area contributed by atoms with E-state index in [-0.39, 0.29) is 17.1 Å². The Bertz CT molecular complexity index is 1060. The highest BCUT2D eigenvalue weighted by Crippen LogP contribution is 2.35. The molecular formula is C31H47NO4. The quantitative estimate of drug-likeness (QED) is 0.176. The van der Waals surface area contributed by atoms with Crippen LogP contribution in [0.3, 0.4) is 0 Å². The van der Waals surface area contributed by atoms with Crippen molar-refractivity contribution in [2.75, 3.05) is 13.2 Å². The molecule has 0 aliphatic heterocycles. The van der Waals surface area contributed by atoms with E-state index in [1.54, 1.807) is 16.7 Å². The van der Waals surface area contributed by atoms with Crippen LogP contribution < -0.4 is 15.0 Å². The number of phenols is 1. The van der Waals surface area contributed by atoms with Gasteiger partial charge in [-0.2, -0.15) is 0 Å². The van der Waals surface area contributed by atoms with Crippen molar-refractivity contribution in [2.24, 2.45) is 0 Å². The normalized spacial score (nSPS) is 11.6. The number of rotatable bonds is 17. The number of hydrogen-bond acceptors (Lipinski definition) is 4. The Kier molecular flexibility index (Phi) is 13.2. The van der Waals surface area contributed by atoms with E-state index in [1.165, 1.54) is 11.1 Å². The number of allylic oxidation sites excluding steroid dienone is 3. The van der Waals surface area contributed by atoms with Crippen molar-refractivity contribution in [3.05, 3.63) is 51.9 Å². The summed E-state index contributed by atoms with van der Waals surface area (Å²) in [7, 11) is 0. The van der Waals surface area contributed by atoms with Gasteiger partial charge in [0.05, 0.1) is 12.1 Å². The lowest BCUT2D eigenvalue weighted by Gasteiger charge is -2.19. The largest absolute Gasteiger partial charge is 0.508 e. The highest BCUT2D eigenvalue weighted by Gasteiger charge is 2.20. The van der Waals surface area contributed by atoms with Crippen molar-refractivity contribution in [1.82, 2.24) is 4.57 Å². The summed E-state index contributed by atoms with van der Waals surface area (Å²) in [5.41, 5.74) is 3.08. The molecule has 2 rings (SSSR count). The van der Waals surface area contributed by atoms with Crippen LogP contribution in [0, 0.1) is 0 Å². The molecule has 1 N–H and O–H groups in total. The number of aromatic nitrogens is 1. The minimum atomic E-state index is -0.181. The van der Waals surface area contributed by atoms with Gasteiger partial charge < -0.3 is 19.1 Å². The van der Waals surface area contributed by atoms with Gasteiger partial charge in [-0.05, 0) is 64.7 Å². The molecule has 1 heterocycles. The number of aryl methyl sites for hydroxylation is 1. The van der Waals surface area contributed by atoms with E-state index in [1.807, 2.05) is 6.07 Å². The van der Waals surface area contributed by atoms with E-state index < -0.39 is 0 Å². The highest BCUT2D eigenvalue weighted by molar-refractivity contribution is 5.89. The van der Waals surface area contributed by atoms with Gasteiger partial charge in [-0.3, -0.25) is 4.79 Å². The summed E-state index contributed by atoms with van der Waals surface area (Å²) in [6.45, 7) is 12.1. The number of nitrogens with zero attached hydrogens (tertiary/aromatic N) is 1. The molecule has 2 aromatic rings. The predicted molar refractivity (Wildman–Crippen MR) is 152 cm³/mol. The van der Waals surface area contributed by atoms with Crippen molar-refractivity contribution in [3.8, 4) is 17.2 Å². The fraction of sp³-hybridized carbons (Fsp3) is 0.581. The van der Waals surface area contributed by atoms with E-state index in [4.69, 9.17) is 9.47 Å². The minimum absolute atomic E-state index is 0.137. The Morgan fingerprint density at radius 2 is 1.64 bits per heavy atom. The second-order valence-electron chi connectivity index (χ2n) is 9.97. The van der Waals surface area contributed by atoms with Crippen LogP contribution in [0.5, 0.6) is 17.2 Å². The third-order valence-corrected chi connectivity index (χ3v) is 6.39. The first-order valence-corrected chi connectivity index (χ1v) is 13.8. The average molecular weight is 498 g/mol. The summed E-state index contributed by atoms with van der Waals surface area (Å²) < 4.78 is 14.1. The smallest absolute Gasteiger partial charge is 0.297 e. The molecule has 200 valence electrons. The number of benzene rings is 1. The summed E-state index contributed by atoms with van der Waals surface area (Å²) in [6, 6.07) is 5.14. The highest BCUT2D eigenvalue weighted by atomic mass is 16.5. The van der Waals surface area contributed by atoms with E-state index >= 15 is 0 Å². The molecule has 0 amide bonds. The third-order valence-electron chi connectivity index (χ3n) is 6.39. The summed E-state index contributed by atoms with van der Waals surface area (Å²) >= 11 is 0. The zero-order chi connectivity index (χ0) is 26.3.